The van der Waals surface area contributed by atoms with Crippen LogP contribution >= 0.6 is 0 Å². The molecular formula is C17H25N3O4. The molecule has 0 fully saturated rings. The zero-order chi connectivity index (χ0) is 18.1. The summed E-state index contributed by atoms with van der Waals surface area (Å²) >= 11 is 0. The highest BCUT2D eigenvalue weighted by Crippen LogP contribution is 2.13. The number of rotatable bonds is 8. The zero-order valence-electron chi connectivity index (χ0n) is 14.5. The third-order valence-corrected chi connectivity index (χ3v) is 3.81. The Bertz CT molecular complexity index is 557. The number of ether oxygens (including phenoxy) is 1. The predicted octanol–water partition coefficient (Wildman–Crippen LogP) is 1.98. The molecule has 0 radical (unpaired) electrons. The molecule has 7 nitrogen and oxygen atoms in total. The van der Waals surface area contributed by atoms with Crippen molar-refractivity contribution in [1.82, 2.24) is 10.2 Å². The highest BCUT2D eigenvalue weighted by atomic mass is 16.6. The third kappa shape index (κ3) is 6.28. The molecule has 0 saturated heterocycles. The van der Waals surface area contributed by atoms with E-state index in [1.54, 1.807) is 36.2 Å². The average molecular weight is 335 g/mol. The van der Waals surface area contributed by atoms with Gasteiger partial charge >= 0.3 is 6.09 Å². The van der Waals surface area contributed by atoms with Crippen LogP contribution in [0.1, 0.15) is 26.3 Å². The number of benzene rings is 1. The largest absolute Gasteiger partial charge is 0.445 e. The summed E-state index contributed by atoms with van der Waals surface area (Å²) in [6.45, 7) is 6.15. The molecule has 1 unspecified atom stereocenters. The lowest BCUT2D eigenvalue weighted by Gasteiger charge is -2.27. The molecule has 0 spiro atoms. The first-order chi connectivity index (χ1) is 11.3. The maximum Gasteiger partial charge on any atom is 0.410 e. The second-order valence-corrected chi connectivity index (χ2v) is 5.89. The smallest absolute Gasteiger partial charge is 0.410 e. The molecule has 0 aliphatic carbocycles. The van der Waals surface area contributed by atoms with E-state index in [0.29, 0.717) is 18.0 Å². The van der Waals surface area contributed by atoms with Gasteiger partial charge in [-0.1, -0.05) is 26.0 Å². The maximum atomic E-state index is 12.0. The number of hydrogen-bond donors (Lipinski definition) is 2. The summed E-state index contributed by atoms with van der Waals surface area (Å²) in [6.07, 6.45) is 0.0993. The Morgan fingerprint density at radius 1 is 1.21 bits per heavy atom. The Hall–Kier alpha value is -2.57. The molecule has 1 atom stereocenters. The normalized spacial score (nSPS) is 11.5. The average Bonchev–Trinajstić information content (AvgIpc) is 2.57. The summed E-state index contributed by atoms with van der Waals surface area (Å²) < 4.78 is 5.29. The Balaban J connectivity index is 2.48. The van der Waals surface area contributed by atoms with Crippen molar-refractivity contribution in [2.75, 3.05) is 18.9 Å². The van der Waals surface area contributed by atoms with Crippen LogP contribution in [0.3, 0.4) is 0 Å². The molecule has 3 amide bonds. The van der Waals surface area contributed by atoms with Crippen LogP contribution in [-0.2, 0) is 20.9 Å². The number of nitrogens with zero attached hydrogens (tertiary/aromatic N) is 1. The molecule has 0 heterocycles. The Kier molecular flexibility index (Phi) is 7.74. The topological polar surface area (TPSA) is 87.7 Å². The van der Waals surface area contributed by atoms with Gasteiger partial charge in [0.05, 0.1) is 6.54 Å². The molecule has 0 aliphatic heterocycles. The fourth-order valence-electron chi connectivity index (χ4n) is 1.88. The van der Waals surface area contributed by atoms with E-state index in [4.69, 9.17) is 4.74 Å². The van der Waals surface area contributed by atoms with Crippen LogP contribution in [0.15, 0.2) is 24.3 Å². The van der Waals surface area contributed by atoms with E-state index in [1.165, 1.54) is 0 Å². The van der Waals surface area contributed by atoms with Gasteiger partial charge in [-0.05, 0) is 30.5 Å². The summed E-state index contributed by atoms with van der Waals surface area (Å²) in [5.41, 5.74) is 1.42. The zero-order valence-corrected chi connectivity index (χ0v) is 14.5. The van der Waals surface area contributed by atoms with Crippen LogP contribution in [0.5, 0.6) is 0 Å². The van der Waals surface area contributed by atoms with E-state index in [0.717, 1.165) is 5.56 Å². The summed E-state index contributed by atoms with van der Waals surface area (Å²) in [4.78, 5) is 35.2. The van der Waals surface area contributed by atoms with E-state index in [2.05, 4.69) is 10.6 Å². The SMILES string of the molecule is CC(C)C(C)N(C)C(=O)OCc1ccc(NC(=O)CNC=O)cc1. The minimum Gasteiger partial charge on any atom is -0.445 e. The van der Waals surface area contributed by atoms with Crippen molar-refractivity contribution in [2.24, 2.45) is 5.92 Å². The maximum absolute atomic E-state index is 12.0. The van der Waals surface area contributed by atoms with Gasteiger partial charge in [-0.2, -0.15) is 0 Å². The van der Waals surface area contributed by atoms with Gasteiger partial charge in [-0.15, -0.1) is 0 Å². The number of carbonyl (C=O) groups is 3. The predicted molar refractivity (Wildman–Crippen MR) is 91.4 cm³/mol. The minimum absolute atomic E-state index is 0.0801. The molecule has 7 heteroatoms. The summed E-state index contributed by atoms with van der Waals surface area (Å²) in [5.74, 6) is 0.0322. The monoisotopic (exact) mass is 335 g/mol. The number of carbonyl (C=O) groups excluding carboxylic acids is 3. The highest BCUT2D eigenvalue weighted by molar-refractivity contribution is 5.93. The molecule has 1 rings (SSSR count). The molecule has 0 saturated carbocycles. The van der Waals surface area contributed by atoms with E-state index >= 15 is 0 Å². The van der Waals surface area contributed by atoms with Crippen molar-refractivity contribution in [3.05, 3.63) is 29.8 Å². The standard InChI is InChI=1S/C17H25N3O4/c1-12(2)13(3)20(4)17(23)24-10-14-5-7-15(8-6-14)19-16(22)9-18-11-21/h5-8,11-13H,9-10H2,1-4H3,(H,18,21)(H,19,22). The van der Waals surface area contributed by atoms with Crippen molar-refractivity contribution in [3.63, 3.8) is 0 Å². The van der Waals surface area contributed by atoms with Gasteiger partial charge in [0.25, 0.3) is 0 Å². The number of amides is 3. The first-order valence-corrected chi connectivity index (χ1v) is 7.80. The van der Waals surface area contributed by atoms with Gasteiger partial charge in [-0.25, -0.2) is 4.79 Å². The molecule has 1 aromatic rings. The molecule has 24 heavy (non-hydrogen) atoms. The van der Waals surface area contributed by atoms with Crippen LogP contribution in [-0.4, -0.2) is 42.9 Å². The van der Waals surface area contributed by atoms with E-state index < -0.39 is 0 Å². The van der Waals surface area contributed by atoms with Gasteiger partial charge in [-0.3, -0.25) is 9.59 Å². The van der Waals surface area contributed by atoms with Gasteiger partial charge in [0, 0.05) is 18.8 Å². The van der Waals surface area contributed by atoms with Gasteiger partial charge < -0.3 is 20.3 Å². The lowest BCUT2D eigenvalue weighted by molar-refractivity contribution is -0.118. The fourth-order valence-corrected chi connectivity index (χ4v) is 1.88. The lowest BCUT2D eigenvalue weighted by atomic mass is 10.1. The van der Waals surface area contributed by atoms with Crippen molar-refractivity contribution in [2.45, 2.75) is 33.4 Å². The minimum atomic E-state index is -0.367. The summed E-state index contributed by atoms with van der Waals surface area (Å²) in [7, 11) is 1.72. The van der Waals surface area contributed by atoms with Gasteiger partial charge in [0.2, 0.25) is 12.3 Å². The van der Waals surface area contributed by atoms with Crippen molar-refractivity contribution in [1.29, 1.82) is 0 Å². The molecule has 1 aromatic carbocycles. The third-order valence-electron chi connectivity index (χ3n) is 3.81. The quantitative estimate of drug-likeness (QED) is 0.711. The summed E-state index contributed by atoms with van der Waals surface area (Å²) in [5, 5.41) is 4.92. The molecule has 0 bridgehead atoms. The molecular weight excluding hydrogens is 310 g/mol. The second-order valence-electron chi connectivity index (χ2n) is 5.89. The van der Waals surface area contributed by atoms with Crippen LogP contribution in [0, 0.1) is 5.92 Å². The van der Waals surface area contributed by atoms with Crippen LogP contribution in [0.4, 0.5) is 10.5 Å². The van der Waals surface area contributed by atoms with Gasteiger partial charge in [0.1, 0.15) is 6.61 Å². The highest BCUT2D eigenvalue weighted by Gasteiger charge is 2.19. The Morgan fingerprint density at radius 2 is 1.83 bits per heavy atom. The van der Waals surface area contributed by atoms with E-state index in [1.807, 2.05) is 20.8 Å². The lowest BCUT2D eigenvalue weighted by Crippen LogP contribution is -2.38. The van der Waals surface area contributed by atoms with Crippen molar-refractivity contribution >= 4 is 24.1 Å². The number of nitrogens with one attached hydrogen (secondary N) is 2. The first kappa shape index (κ1) is 19.5. The van der Waals surface area contributed by atoms with Crippen molar-refractivity contribution in [3.8, 4) is 0 Å². The first-order valence-electron chi connectivity index (χ1n) is 7.80. The van der Waals surface area contributed by atoms with Crippen LogP contribution in [0.25, 0.3) is 0 Å². The summed E-state index contributed by atoms with van der Waals surface area (Å²) in [6, 6.07) is 7.05. The Labute approximate surface area is 142 Å². The molecule has 132 valence electrons. The number of anilines is 1. The van der Waals surface area contributed by atoms with Crippen LogP contribution < -0.4 is 10.6 Å². The van der Waals surface area contributed by atoms with Crippen molar-refractivity contribution < 1.29 is 19.1 Å². The van der Waals surface area contributed by atoms with E-state index in [9.17, 15) is 14.4 Å². The molecule has 0 aromatic heterocycles. The van der Waals surface area contributed by atoms with E-state index in [-0.39, 0.29) is 31.2 Å². The Morgan fingerprint density at radius 3 is 2.38 bits per heavy atom. The molecule has 0 aliphatic rings. The van der Waals surface area contributed by atoms with Gasteiger partial charge in [0.15, 0.2) is 0 Å². The van der Waals surface area contributed by atoms with Crippen LogP contribution in [0.2, 0.25) is 0 Å². The number of hydrogen-bond acceptors (Lipinski definition) is 4. The second kappa shape index (κ2) is 9.54. The molecule has 2 N–H and O–H groups in total. The fraction of sp³-hybridized carbons (Fsp3) is 0.471.